The van der Waals surface area contributed by atoms with Gasteiger partial charge in [-0.3, -0.25) is 14.4 Å². The van der Waals surface area contributed by atoms with Crippen LogP contribution in [0.25, 0.3) is 0 Å². The van der Waals surface area contributed by atoms with Crippen molar-refractivity contribution in [3.05, 3.63) is 0 Å². The summed E-state index contributed by atoms with van der Waals surface area (Å²) in [6, 6.07) is -1.46. The van der Waals surface area contributed by atoms with Crippen LogP contribution in [0, 0.1) is 0 Å². The van der Waals surface area contributed by atoms with E-state index in [4.69, 9.17) is 10.8 Å². The molecule has 0 bridgehead atoms. The van der Waals surface area contributed by atoms with Crippen LogP contribution in [0.15, 0.2) is 0 Å². The molecule has 7 nitrogen and oxygen atoms in total. The lowest BCUT2D eigenvalue weighted by Crippen LogP contribution is -2.50. The molecule has 0 aromatic heterocycles. The number of aliphatic carboxylic acids is 1. The van der Waals surface area contributed by atoms with E-state index >= 15 is 0 Å². The van der Waals surface area contributed by atoms with Gasteiger partial charge in [-0.1, -0.05) is 6.92 Å². The number of hydrogen-bond donors (Lipinski definition) is 4. The predicted octanol–water partition coefficient (Wildman–Crippen LogP) is -1.57. The minimum atomic E-state index is -1.14. The van der Waals surface area contributed by atoms with Gasteiger partial charge in [-0.2, -0.15) is 0 Å². The Hall–Kier alpha value is -1.63. The monoisotopic (exact) mass is 231 g/mol. The molecule has 2 amide bonds. The summed E-state index contributed by atoms with van der Waals surface area (Å²) in [7, 11) is 0. The molecule has 0 heterocycles. The van der Waals surface area contributed by atoms with Crippen molar-refractivity contribution in [1.82, 2.24) is 10.6 Å². The fourth-order valence-electron chi connectivity index (χ4n) is 0.887. The smallest absolute Gasteiger partial charge is 0.322 e. The van der Waals surface area contributed by atoms with Gasteiger partial charge in [0.1, 0.15) is 12.6 Å². The number of nitrogens with two attached hydrogens (primary N) is 1. The predicted molar refractivity (Wildman–Crippen MR) is 56.5 cm³/mol. The van der Waals surface area contributed by atoms with E-state index in [0.29, 0.717) is 6.42 Å². The Morgan fingerprint density at radius 1 is 1.31 bits per heavy atom. The molecule has 0 aliphatic rings. The summed E-state index contributed by atoms with van der Waals surface area (Å²) in [5.41, 5.74) is 5.45. The van der Waals surface area contributed by atoms with Crippen LogP contribution in [0.5, 0.6) is 0 Å². The topological polar surface area (TPSA) is 122 Å². The molecule has 2 atom stereocenters. The summed E-state index contributed by atoms with van der Waals surface area (Å²) in [4.78, 5) is 32.7. The summed E-state index contributed by atoms with van der Waals surface area (Å²) in [6.45, 7) is 2.73. The number of carboxylic acid groups (broad SMARTS) is 1. The van der Waals surface area contributed by atoms with E-state index in [-0.39, 0.29) is 0 Å². The lowest BCUT2D eigenvalue weighted by molar-refractivity contribution is -0.138. The summed E-state index contributed by atoms with van der Waals surface area (Å²) >= 11 is 0. The first-order chi connectivity index (χ1) is 7.38. The molecule has 16 heavy (non-hydrogen) atoms. The second-order valence-corrected chi connectivity index (χ2v) is 3.36. The zero-order valence-electron chi connectivity index (χ0n) is 9.32. The van der Waals surface area contributed by atoms with Crippen molar-refractivity contribution in [3.63, 3.8) is 0 Å². The number of carbonyl (C=O) groups excluding carboxylic acids is 2. The number of rotatable bonds is 6. The first kappa shape index (κ1) is 14.4. The standard InChI is InChI=1S/C9H17N3O4/c1-3-6(10)9(16)12-5(2)8(15)11-4-7(13)14/h5-6H,3-4,10H2,1-2H3,(H,11,15)(H,12,16)(H,13,14). The van der Waals surface area contributed by atoms with Crippen molar-refractivity contribution < 1.29 is 19.5 Å². The molecule has 0 aromatic carbocycles. The molecule has 0 saturated heterocycles. The minimum Gasteiger partial charge on any atom is -0.480 e. The molecular weight excluding hydrogens is 214 g/mol. The van der Waals surface area contributed by atoms with Gasteiger partial charge in [0.2, 0.25) is 11.8 Å². The minimum absolute atomic E-state index is 0.430. The Balaban J connectivity index is 4.05. The third-order valence-electron chi connectivity index (χ3n) is 1.94. The van der Waals surface area contributed by atoms with Crippen LogP contribution in [0.3, 0.4) is 0 Å². The lowest BCUT2D eigenvalue weighted by atomic mass is 10.2. The van der Waals surface area contributed by atoms with Gasteiger partial charge in [-0.05, 0) is 13.3 Å². The molecule has 0 fully saturated rings. The molecule has 7 heteroatoms. The lowest BCUT2D eigenvalue weighted by Gasteiger charge is -2.15. The van der Waals surface area contributed by atoms with Crippen LogP contribution in [0.1, 0.15) is 20.3 Å². The van der Waals surface area contributed by atoms with Gasteiger partial charge in [0.05, 0.1) is 6.04 Å². The summed E-state index contributed by atoms with van der Waals surface area (Å²) in [5, 5.41) is 12.9. The average Bonchev–Trinajstić information content (AvgIpc) is 2.24. The highest BCUT2D eigenvalue weighted by atomic mass is 16.4. The molecule has 0 saturated carbocycles. The normalized spacial score (nSPS) is 13.7. The van der Waals surface area contributed by atoms with Gasteiger partial charge in [0, 0.05) is 0 Å². The van der Waals surface area contributed by atoms with Crippen molar-refractivity contribution in [2.45, 2.75) is 32.4 Å². The number of amides is 2. The van der Waals surface area contributed by atoms with Crippen molar-refractivity contribution in [3.8, 4) is 0 Å². The third-order valence-corrected chi connectivity index (χ3v) is 1.94. The van der Waals surface area contributed by atoms with Crippen LogP contribution < -0.4 is 16.4 Å². The maximum atomic E-state index is 11.3. The van der Waals surface area contributed by atoms with Crippen LogP contribution in [-0.4, -0.2) is 41.5 Å². The maximum Gasteiger partial charge on any atom is 0.322 e. The van der Waals surface area contributed by atoms with E-state index < -0.39 is 36.4 Å². The van der Waals surface area contributed by atoms with Crippen LogP contribution in [0.4, 0.5) is 0 Å². The molecule has 2 unspecified atom stereocenters. The molecule has 0 aromatic rings. The number of carboxylic acids is 1. The average molecular weight is 231 g/mol. The van der Waals surface area contributed by atoms with Gasteiger partial charge in [0.15, 0.2) is 0 Å². The first-order valence-corrected chi connectivity index (χ1v) is 4.94. The summed E-state index contributed by atoms with van der Waals surface area (Å²) in [5.74, 6) is -2.13. The highest BCUT2D eigenvalue weighted by Crippen LogP contribution is 1.89. The van der Waals surface area contributed by atoms with Gasteiger partial charge in [0.25, 0.3) is 0 Å². The van der Waals surface area contributed by atoms with Gasteiger partial charge in [-0.25, -0.2) is 0 Å². The number of nitrogens with one attached hydrogen (secondary N) is 2. The Labute approximate surface area is 93.4 Å². The third kappa shape index (κ3) is 5.30. The van der Waals surface area contributed by atoms with Gasteiger partial charge < -0.3 is 21.5 Å². The highest BCUT2D eigenvalue weighted by Gasteiger charge is 2.18. The molecular formula is C9H17N3O4. The van der Waals surface area contributed by atoms with E-state index in [0.717, 1.165) is 0 Å². The van der Waals surface area contributed by atoms with E-state index in [9.17, 15) is 14.4 Å². The molecule has 5 N–H and O–H groups in total. The van der Waals surface area contributed by atoms with Crippen molar-refractivity contribution in [1.29, 1.82) is 0 Å². The largest absolute Gasteiger partial charge is 0.480 e. The van der Waals surface area contributed by atoms with Crippen molar-refractivity contribution >= 4 is 17.8 Å². The van der Waals surface area contributed by atoms with E-state index in [1.165, 1.54) is 6.92 Å². The van der Waals surface area contributed by atoms with Crippen LogP contribution >= 0.6 is 0 Å². The Kier molecular flexibility index (Phi) is 6.09. The molecule has 0 spiro atoms. The summed E-state index contributed by atoms with van der Waals surface area (Å²) < 4.78 is 0. The van der Waals surface area contributed by atoms with E-state index in [2.05, 4.69) is 10.6 Å². The molecule has 0 rings (SSSR count). The second-order valence-electron chi connectivity index (χ2n) is 3.36. The number of hydrogen-bond acceptors (Lipinski definition) is 4. The van der Waals surface area contributed by atoms with Gasteiger partial charge >= 0.3 is 5.97 Å². The van der Waals surface area contributed by atoms with Crippen molar-refractivity contribution in [2.75, 3.05) is 6.54 Å². The fourth-order valence-corrected chi connectivity index (χ4v) is 0.887. The zero-order chi connectivity index (χ0) is 12.7. The number of carbonyl (C=O) groups is 3. The SMILES string of the molecule is CCC(N)C(=O)NC(C)C(=O)NCC(=O)O. The molecule has 0 radical (unpaired) electrons. The molecule has 92 valence electrons. The molecule has 0 aliphatic carbocycles. The maximum absolute atomic E-state index is 11.3. The van der Waals surface area contributed by atoms with Crippen LogP contribution in [0.2, 0.25) is 0 Å². The van der Waals surface area contributed by atoms with E-state index in [1.54, 1.807) is 6.92 Å². The van der Waals surface area contributed by atoms with Gasteiger partial charge in [-0.15, -0.1) is 0 Å². The Morgan fingerprint density at radius 3 is 2.31 bits per heavy atom. The quantitative estimate of drug-likeness (QED) is 0.440. The van der Waals surface area contributed by atoms with Crippen molar-refractivity contribution in [2.24, 2.45) is 5.73 Å². The van der Waals surface area contributed by atoms with Crippen LogP contribution in [-0.2, 0) is 14.4 Å². The first-order valence-electron chi connectivity index (χ1n) is 4.94. The summed E-state index contributed by atoms with van der Waals surface area (Å²) in [6.07, 6.45) is 0.468. The second kappa shape index (κ2) is 6.78. The Morgan fingerprint density at radius 2 is 1.88 bits per heavy atom. The van der Waals surface area contributed by atoms with E-state index in [1.807, 2.05) is 0 Å². The zero-order valence-corrected chi connectivity index (χ0v) is 9.32. The Bertz CT molecular complexity index is 280. The fraction of sp³-hybridized carbons (Fsp3) is 0.667. The highest BCUT2D eigenvalue weighted by molar-refractivity contribution is 5.90. The molecule has 0 aliphatic heterocycles.